The van der Waals surface area contributed by atoms with Gasteiger partial charge in [-0.2, -0.15) is 0 Å². The van der Waals surface area contributed by atoms with Gasteiger partial charge in [-0.1, -0.05) is 38.0 Å². The van der Waals surface area contributed by atoms with Gasteiger partial charge in [0.1, 0.15) is 5.82 Å². The molecule has 1 N–H and O–H groups in total. The Kier molecular flexibility index (Phi) is 4.60. The monoisotopic (exact) mass is 267 g/mol. The van der Waals surface area contributed by atoms with Crippen molar-refractivity contribution in [3.05, 3.63) is 35.9 Å². The van der Waals surface area contributed by atoms with E-state index in [2.05, 4.69) is 42.2 Å². The van der Waals surface area contributed by atoms with E-state index >= 15 is 0 Å². The molecule has 20 heavy (non-hydrogen) atoms. The molecule has 0 unspecified atom stereocenters. The van der Waals surface area contributed by atoms with Crippen molar-refractivity contribution in [2.45, 2.75) is 26.4 Å². The smallest absolute Gasteiger partial charge is 0.130 e. The van der Waals surface area contributed by atoms with Crippen LogP contribution in [0.3, 0.4) is 0 Å². The molecule has 0 saturated carbocycles. The molecule has 0 radical (unpaired) electrons. The fraction of sp³-hybridized carbons (Fsp3) is 0.353. The van der Waals surface area contributed by atoms with Crippen LogP contribution in [0.5, 0.6) is 0 Å². The summed E-state index contributed by atoms with van der Waals surface area (Å²) in [5.74, 6) is 3.57. The van der Waals surface area contributed by atoms with Crippen molar-refractivity contribution < 1.29 is 0 Å². The first-order valence-electron chi connectivity index (χ1n) is 6.88. The largest absolute Gasteiger partial charge is 0.349 e. The number of benzene rings is 1. The van der Waals surface area contributed by atoms with E-state index in [0.717, 1.165) is 17.9 Å². The van der Waals surface area contributed by atoms with Gasteiger partial charge >= 0.3 is 0 Å². The van der Waals surface area contributed by atoms with Crippen molar-refractivity contribution in [1.29, 1.82) is 0 Å². The van der Waals surface area contributed by atoms with Crippen LogP contribution in [0.1, 0.15) is 19.4 Å². The van der Waals surface area contributed by atoms with E-state index in [1.54, 1.807) is 0 Å². The van der Waals surface area contributed by atoms with Crippen molar-refractivity contribution in [3.8, 4) is 12.3 Å². The van der Waals surface area contributed by atoms with E-state index in [9.17, 15) is 0 Å². The van der Waals surface area contributed by atoms with E-state index in [1.807, 2.05) is 30.1 Å². The first-order valence-corrected chi connectivity index (χ1v) is 6.88. The predicted molar refractivity (Wildman–Crippen MR) is 85.8 cm³/mol. The van der Waals surface area contributed by atoms with E-state index in [-0.39, 0.29) is 0 Å². The third-order valence-corrected chi connectivity index (χ3v) is 3.21. The van der Waals surface area contributed by atoms with Gasteiger partial charge < -0.3 is 10.2 Å². The summed E-state index contributed by atoms with van der Waals surface area (Å²) in [4.78, 5) is 6.68. The summed E-state index contributed by atoms with van der Waals surface area (Å²) in [7, 11) is 1.97. The van der Waals surface area contributed by atoms with Crippen molar-refractivity contribution in [1.82, 2.24) is 10.3 Å². The Balaban J connectivity index is 2.44. The molecule has 0 aliphatic carbocycles. The molecular formula is C17H21N3. The normalized spacial score (nSPS) is 10.8. The van der Waals surface area contributed by atoms with E-state index in [4.69, 9.17) is 6.42 Å². The van der Waals surface area contributed by atoms with Crippen molar-refractivity contribution in [2.24, 2.45) is 0 Å². The van der Waals surface area contributed by atoms with Crippen LogP contribution in [0.2, 0.25) is 0 Å². The molecule has 1 aromatic heterocycles. The Morgan fingerprint density at radius 2 is 2.10 bits per heavy atom. The predicted octanol–water partition coefficient (Wildman–Crippen LogP) is 2.80. The van der Waals surface area contributed by atoms with Gasteiger partial charge in [0.25, 0.3) is 0 Å². The number of pyridine rings is 1. The highest BCUT2D eigenvalue weighted by atomic mass is 15.2. The number of nitrogens with one attached hydrogen (secondary N) is 1. The maximum Gasteiger partial charge on any atom is 0.130 e. The number of terminal acetylenes is 1. The summed E-state index contributed by atoms with van der Waals surface area (Å²) < 4.78 is 0. The molecule has 3 nitrogen and oxygen atoms in total. The highest BCUT2D eigenvalue weighted by molar-refractivity contribution is 5.84. The van der Waals surface area contributed by atoms with E-state index in [0.29, 0.717) is 12.6 Å². The third kappa shape index (κ3) is 3.28. The number of hydrogen-bond acceptors (Lipinski definition) is 3. The van der Waals surface area contributed by atoms with Crippen LogP contribution in [0, 0.1) is 12.3 Å². The lowest BCUT2D eigenvalue weighted by atomic mass is 10.1. The van der Waals surface area contributed by atoms with Crippen LogP contribution >= 0.6 is 0 Å². The quantitative estimate of drug-likeness (QED) is 0.844. The fourth-order valence-electron chi connectivity index (χ4n) is 2.11. The number of rotatable bonds is 5. The molecule has 1 heterocycles. The number of aromatic nitrogens is 1. The summed E-state index contributed by atoms with van der Waals surface area (Å²) in [5, 5.41) is 4.66. The number of nitrogens with zero attached hydrogens (tertiary/aromatic N) is 2. The first-order chi connectivity index (χ1) is 9.61. The molecule has 2 rings (SSSR count). The molecule has 0 amide bonds. The second-order valence-electron chi connectivity index (χ2n) is 5.25. The third-order valence-electron chi connectivity index (χ3n) is 3.21. The van der Waals surface area contributed by atoms with Gasteiger partial charge in [-0.15, -0.1) is 6.42 Å². The summed E-state index contributed by atoms with van der Waals surface area (Å²) in [6.45, 7) is 5.68. The molecule has 0 aliphatic rings. The summed E-state index contributed by atoms with van der Waals surface area (Å²) in [5.41, 5.74) is 2.26. The van der Waals surface area contributed by atoms with Gasteiger partial charge in [-0.3, -0.25) is 0 Å². The highest BCUT2D eigenvalue weighted by Crippen LogP contribution is 2.22. The Bertz CT molecular complexity index is 626. The maximum atomic E-state index is 5.38. The second kappa shape index (κ2) is 6.40. The van der Waals surface area contributed by atoms with Crippen molar-refractivity contribution >= 4 is 16.7 Å². The fourth-order valence-corrected chi connectivity index (χ4v) is 2.11. The minimum absolute atomic E-state index is 0.453. The topological polar surface area (TPSA) is 28.2 Å². The standard InChI is InChI=1S/C17H21N3/c1-5-10-20(4)17-11-14(12-18-13(2)3)15-8-6-7-9-16(15)19-17/h1,6-9,11,13,18H,10,12H2,2-4H3. The minimum atomic E-state index is 0.453. The van der Waals surface area contributed by atoms with E-state index in [1.165, 1.54) is 10.9 Å². The van der Waals surface area contributed by atoms with Gasteiger partial charge in [0.05, 0.1) is 12.1 Å². The van der Waals surface area contributed by atoms with Crippen LogP contribution in [0.4, 0.5) is 5.82 Å². The maximum absolute atomic E-state index is 5.38. The molecule has 0 saturated heterocycles. The Morgan fingerprint density at radius 1 is 1.35 bits per heavy atom. The summed E-state index contributed by atoms with van der Waals surface area (Å²) >= 11 is 0. The first kappa shape index (κ1) is 14.4. The Morgan fingerprint density at radius 3 is 2.80 bits per heavy atom. The van der Waals surface area contributed by atoms with Crippen LogP contribution in [0.15, 0.2) is 30.3 Å². The zero-order valence-corrected chi connectivity index (χ0v) is 12.4. The Hall–Kier alpha value is -2.05. The van der Waals surface area contributed by atoms with Gasteiger partial charge in [-0.25, -0.2) is 4.98 Å². The number of fused-ring (bicyclic) bond motifs is 1. The number of para-hydroxylation sites is 1. The lowest BCUT2D eigenvalue weighted by Crippen LogP contribution is -2.23. The van der Waals surface area contributed by atoms with Crippen LogP contribution in [-0.2, 0) is 6.54 Å². The zero-order chi connectivity index (χ0) is 14.5. The molecule has 0 atom stereocenters. The molecule has 2 aromatic rings. The van der Waals surface area contributed by atoms with Crippen LogP contribution < -0.4 is 10.2 Å². The van der Waals surface area contributed by atoms with Gasteiger partial charge in [-0.05, 0) is 17.7 Å². The van der Waals surface area contributed by atoms with Crippen LogP contribution in [0.25, 0.3) is 10.9 Å². The molecular weight excluding hydrogens is 246 g/mol. The highest BCUT2D eigenvalue weighted by Gasteiger charge is 2.08. The number of anilines is 1. The average Bonchev–Trinajstić information content (AvgIpc) is 2.44. The van der Waals surface area contributed by atoms with Gasteiger partial charge in [0, 0.05) is 25.0 Å². The van der Waals surface area contributed by atoms with Crippen molar-refractivity contribution in [2.75, 3.05) is 18.5 Å². The second-order valence-corrected chi connectivity index (χ2v) is 5.25. The molecule has 0 bridgehead atoms. The SMILES string of the molecule is C#CCN(C)c1cc(CNC(C)C)c2ccccc2n1. The molecule has 0 spiro atoms. The molecule has 0 fully saturated rings. The molecule has 1 aromatic carbocycles. The molecule has 0 aliphatic heterocycles. The summed E-state index contributed by atoms with van der Waals surface area (Å²) in [6.07, 6.45) is 5.38. The molecule has 3 heteroatoms. The minimum Gasteiger partial charge on any atom is -0.349 e. The lowest BCUT2D eigenvalue weighted by molar-refractivity contribution is 0.590. The van der Waals surface area contributed by atoms with Gasteiger partial charge in [0.2, 0.25) is 0 Å². The van der Waals surface area contributed by atoms with E-state index < -0.39 is 0 Å². The Labute approximate surface area is 121 Å². The number of hydrogen-bond donors (Lipinski definition) is 1. The zero-order valence-electron chi connectivity index (χ0n) is 12.4. The summed E-state index contributed by atoms with van der Waals surface area (Å²) in [6, 6.07) is 10.8. The average molecular weight is 267 g/mol. The van der Waals surface area contributed by atoms with Crippen molar-refractivity contribution in [3.63, 3.8) is 0 Å². The molecule has 104 valence electrons. The van der Waals surface area contributed by atoms with Gasteiger partial charge in [0.15, 0.2) is 0 Å². The van der Waals surface area contributed by atoms with Crippen LogP contribution in [-0.4, -0.2) is 24.6 Å². The lowest BCUT2D eigenvalue weighted by Gasteiger charge is -2.18.